The second-order valence-electron chi connectivity index (χ2n) is 7.44. The van der Waals surface area contributed by atoms with Crippen molar-refractivity contribution in [3.63, 3.8) is 0 Å². The molecule has 150 valence electrons. The first-order valence-corrected chi connectivity index (χ1v) is 9.70. The minimum absolute atomic E-state index is 0.184. The van der Waals surface area contributed by atoms with Gasteiger partial charge in [-0.25, -0.2) is 0 Å². The number of nitrogens with zero attached hydrogens (tertiary/aromatic N) is 1. The largest absolute Gasteiger partial charge is 0.328 e. The molecule has 0 bridgehead atoms. The molecule has 0 radical (unpaired) electrons. The lowest BCUT2D eigenvalue weighted by Crippen LogP contribution is -2.40. The van der Waals surface area contributed by atoms with Gasteiger partial charge in [-0.1, -0.05) is 18.2 Å². The van der Waals surface area contributed by atoms with Crippen LogP contribution in [0.25, 0.3) is 10.8 Å². The summed E-state index contributed by atoms with van der Waals surface area (Å²) < 4.78 is 0. The van der Waals surface area contributed by atoms with Crippen LogP contribution in [-0.4, -0.2) is 40.2 Å². The van der Waals surface area contributed by atoms with Crippen molar-refractivity contribution in [2.45, 2.75) is 18.9 Å². The van der Waals surface area contributed by atoms with Gasteiger partial charge in [0.05, 0.1) is 16.8 Å². The molecular weight excluding hydrogens is 384 g/mol. The van der Waals surface area contributed by atoms with Crippen LogP contribution in [0.1, 0.15) is 33.6 Å². The number of fused-ring (bicyclic) bond motifs is 3. The minimum Gasteiger partial charge on any atom is -0.328 e. The number of hydrogen-bond acceptors (Lipinski definition) is 4. The number of aromatic amines is 1. The summed E-state index contributed by atoms with van der Waals surface area (Å²) in [6.45, 7) is 0.538. The zero-order valence-corrected chi connectivity index (χ0v) is 15.9. The predicted molar refractivity (Wildman–Crippen MR) is 112 cm³/mol. The van der Waals surface area contributed by atoms with Crippen molar-refractivity contribution in [2.75, 3.05) is 17.2 Å². The van der Waals surface area contributed by atoms with E-state index in [2.05, 4.69) is 15.6 Å². The van der Waals surface area contributed by atoms with E-state index < -0.39 is 11.9 Å². The number of nitrogens with one attached hydrogen (secondary N) is 3. The van der Waals surface area contributed by atoms with Gasteiger partial charge in [-0.15, -0.1) is 0 Å². The summed E-state index contributed by atoms with van der Waals surface area (Å²) in [4.78, 5) is 54.4. The van der Waals surface area contributed by atoms with E-state index in [1.807, 2.05) is 0 Å². The maximum absolute atomic E-state index is 13.0. The average Bonchev–Trinajstić information content (AvgIpc) is 3.21. The number of carbonyl (C=O) groups is 3. The van der Waals surface area contributed by atoms with Crippen molar-refractivity contribution >= 4 is 39.9 Å². The lowest BCUT2D eigenvalue weighted by molar-refractivity contribution is -0.119. The Morgan fingerprint density at radius 3 is 2.70 bits per heavy atom. The Morgan fingerprint density at radius 1 is 1.07 bits per heavy atom. The molecule has 30 heavy (non-hydrogen) atoms. The van der Waals surface area contributed by atoms with Crippen LogP contribution < -0.4 is 16.2 Å². The van der Waals surface area contributed by atoms with E-state index in [1.165, 1.54) is 6.20 Å². The van der Waals surface area contributed by atoms with E-state index in [1.54, 1.807) is 47.4 Å². The van der Waals surface area contributed by atoms with Crippen molar-refractivity contribution in [1.82, 2.24) is 9.88 Å². The number of anilines is 2. The van der Waals surface area contributed by atoms with Crippen LogP contribution in [0.2, 0.25) is 0 Å². The SMILES string of the molecule is O=C(Nc1ccc2c(c1)C(=O)N1CCC[C@H]1C(=O)N2)c1c[nH]c(=O)c2ccccc12. The molecule has 2 aromatic carbocycles. The fraction of sp³-hybridized carbons (Fsp3) is 0.182. The maximum Gasteiger partial charge on any atom is 0.257 e. The summed E-state index contributed by atoms with van der Waals surface area (Å²) >= 11 is 0. The Bertz CT molecular complexity index is 1280. The van der Waals surface area contributed by atoms with Crippen molar-refractivity contribution in [1.29, 1.82) is 0 Å². The molecule has 3 aromatic rings. The molecule has 1 aromatic heterocycles. The van der Waals surface area contributed by atoms with Gasteiger partial charge in [0.2, 0.25) is 5.91 Å². The summed E-state index contributed by atoms with van der Waals surface area (Å²) in [6.07, 6.45) is 2.81. The molecule has 8 nitrogen and oxygen atoms in total. The third kappa shape index (κ3) is 2.85. The van der Waals surface area contributed by atoms with Gasteiger partial charge in [0.25, 0.3) is 17.4 Å². The molecule has 3 amide bonds. The monoisotopic (exact) mass is 402 g/mol. The third-order valence-electron chi connectivity index (χ3n) is 5.64. The fourth-order valence-corrected chi connectivity index (χ4v) is 4.16. The number of amides is 3. The fourth-order valence-electron chi connectivity index (χ4n) is 4.16. The zero-order chi connectivity index (χ0) is 20.8. The highest BCUT2D eigenvalue weighted by Crippen LogP contribution is 2.30. The van der Waals surface area contributed by atoms with Gasteiger partial charge in [0.15, 0.2) is 0 Å². The Labute approximate surface area is 170 Å². The lowest BCUT2D eigenvalue weighted by Gasteiger charge is -2.20. The first-order chi connectivity index (χ1) is 14.5. The van der Waals surface area contributed by atoms with Crippen molar-refractivity contribution in [2.24, 2.45) is 0 Å². The van der Waals surface area contributed by atoms with Gasteiger partial charge >= 0.3 is 0 Å². The molecule has 1 atom stereocenters. The van der Waals surface area contributed by atoms with Crippen molar-refractivity contribution in [3.8, 4) is 0 Å². The highest BCUT2D eigenvalue weighted by Gasteiger charge is 2.38. The Balaban J connectivity index is 1.49. The Hall–Kier alpha value is -3.94. The number of aromatic nitrogens is 1. The van der Waals surface area contributed by atoms with Crippen LogP contribution in [0, 0.1) is 0 Å². The first kappa shape index (κ1) is 18.1. The topological polar surface area (TPSA) is 111 Å². The smallest absolute Gasteiger partial charge is 0.257 e. The summed E-state index contributed by atoms with van der Waals surface area (Å²) in [6, 6.07) is 11.2. The maximum atomic E-state index is 13.0. The highest BCUT2D eigenvalue weighted by atomic mass is 16.2. The highest BCUT2D eigenvalue weighted by molar-refractivity contribution is 6.14. The molecular formula is C22H18N4O4. The molecule has 1 fully saturated rings. The van der Waals surface area contributed by atoms with Gasteiger partial charge in [0.1, 0.15) is 6.04 Å². The van der Waals surface area contributed by atoms with E-state index in [4.69, 9.17) is 0 Å². The first-order valence-electron chi connectivity index (χ1n) is 9.70. The standard InChI is InChI=1S/C22H18N4O4/c27-19-14-5-2-1-4-13(14)16(11-23-19)20(28)24-12-7-8-17-15(10-12)22(30)26-9-3-6-18(26)21(29)25-17/h1-2,4-5,7-8,10-11,18H,3,6,9H2,(H,23,27)(H,24,28)(H,25,29)/t18-/m0/s1. The summed E-state index contributed by atoms with van der Waals surface area (Å²) in [5.41, 5.74) is 1.26. The zero-order valence-electron chi connectivity index (χ0n) is 15.9. The molecule has 8 heteroatoms. The molecule has 5 rings (SSSR count). The van der Waals surface area contributed by atoms with Gasteiger partial charge < -0.3 is 20.5 Å². The minimum atomic E-state index is -0.449. The van der Waals surface area contributed by atoms with E-state index in [-0.39, 0.29) is 17.4 Å². The second-order valence-corrected chi connectivity index (χ2v) is 7.44. The van der Waals surface area contributed by atoms with Gasteiger partial charge in [-0.3, -0.25) is 19.2 Å². The summed E-state index contributed by atoms with van der Waals surface area (Å²) in [5, 5.41) is 6.56. The van der Waals surface area contributed by atoms with Crippen LogP contribution >= 0.6 is 0 Å². The van der Waals surface area contributed by atoms with Gasteiger partial charge in [-0.2, -0.15) is 0 Å². The quantitative estimate of drug-likeness (QED) is 0.611. The third-order valence-corrected chi connectivity index (χ3v) is 5.64. The molecule has 3 heterocycles. The van der Waals surface area contributed by atoms with E-state index in [0.29, 0.717) is 46.2 Å². The molecule has 0 unspecified atom stereocenters. The number of carbonyl (C=O) groups excluding carboxylic acids is 3. The average molecular weight is 402 g/mol. The number of rotatable bonds is 2. The Morgan fingerprint density at radius 2 is 1.87 bits per heavy atom. The Kier molecular flexibility index (Phi) is 4.13. The van der Waals surface area contributed by atoms with Crippen LogP contribution in [0.15, 0.2) is 53.5 Å². The van der Waals surface area contributed by atoms with Crippen LogP contribution in [0.4, 0.5) is 11.4 Å². The van der Waals surface area contributed by atoms with E-state index >= 15 is 0 Å². The molecule has 0 saturated carbocycles. The predicted octanol–water partition coefficient (Wildman–Crippen LogP) is 2.34. The van der Waals surface area contributed by atoms with E-state index in [9.17, 15) is 19.2 Å². The van der Waals surface area contributed by atoms with Crippen molar-refractivity contribution < 1.29 is 14.4 Å². The molecule has 2 aliphatic rings. The lowest BCUT2D eigenvalue weighted by atomic mass is 10.1. The number of benzene rings is 2. The molecule has 0 aliphatic carbocycles. The second kappa shape index (κ2) is 6.84. The van der Waals surface area contributed by atoms with Crippen molar-refractivity contribution in [3.05, 3.63) is 70.1 Å². The number of pyridine rings is 1. The van der Waals surface area contributed by atoms with Crippen LogP contribution in [-0.2, 0) is 4.79 Å². The van der Waals surface area contributed by atoms with Gasteiger partial charge in [0, 0.05) is 29.2 Å². The molecule has 3 N–H and O–H groups in total. The summed E-state index contributed by atoms with van der Waals surface area (Å²) in [7, 11) is 0. The normalized spacial score (nSPS) is 17.9. The molecule has 1 saturated heterocycles. The summed E-state index contributed by atoms with van der Waals surface area (Å²) in [5.74, 6) is -0.820. The number of H-pyrrole nitrogens is 1. The van der Waals surface area contributed by atoms with Gasteiger partial charge in [-0.05, 0) is 37.1 Å². The molecule has 2 aliphatic heterocycles. The molecule has 0 spiro atoms. The number of hydrogen-bond donors (Lipinski definition) is 3. The van der Waals surface area contributed by atoms with Crippen LogP contribution in [0.3, 0.4) is 0 Å². The van der Waals surface area contributed by atoms with Crippen LogP contribution in [0.5, 0.6) is 0 Å². The van der Waals surface area contributed by atoms with E-state index in [0.717, 1.165) is 6.42 Å².